The predicted octanol–water partition coefficient (Wildman–Crippen LogP) is 4.36. The zero-order valence-electron chi connectivity index (χ0n) is 19.3. The second kappa shape index (κ2) is 10.4. The fourth-order valence-electron chi connectivity index (χ4n) is 3.59. The molecule has 0 atom stereocenters. The molecule has 0 aliphatic heterocycles. The molecule has 0 saturated carbocycles. The number of nitro groups is 1. The summed E-state index contributed by atoms with van der Waals surface area (Å²) in [5, 5.41) is 11.2. The molecule has 1 heterocycles. The molecule has 0 N–H and O–H groups in total. The van der Waals surface area contributed by atoms with Crippen LogP contribution in [-0.4, -0.2) is 35.2 Å². The number of nitro benzene ring substituents is 1. The summed E-state index contributed by atoms with van der Waals surface area (Å²) >= 11 is 1.22. The molecule has 11 heteroatoms. The van der Waals surface area contributed by atoms with Gasteiger partial charge < -0.3 is 4.57 Å². The van der Waals surface area contributed by atoms with Gasteiger partial charge in [-0.3, -0.25) is 14.9 Å². The van der Waals surface area contributed by atoms with Crippen LogP contribution in [-0.2, 0) is 23.1 Å². The molecule has 0 spiro atoms. The number of amides is 1. The summed E-state index contributed by atoms with van der Waals surface area (Å²) in [5.41, 5.74) is 1.58. The van der Waals surface area contributed by atoms with Gasteiger partial charge in [-0.15, -0.1) is 6.58 Å². The summed E-state index contributed by atoms with van der Waals surface area (Å²) in [6, 6.07) is 19.3. The first kappa shape index (κ1) is 25.2. The number of benzene rings is 3. The maximum absolute atomic E-state index is 13.0. The first-order valence-electron chi connectivity index (χ1n) is 10.8. The molecule has 184 valence electrons. The Bertz CT molecular complexity index is 1620. The fraction of sp³-hybridized carbons (Fsp3) is 0.120. The van der Waals surface area contributed by atoms with Gasteiger partial charge in [0.25, 0.3) is 11.6 Å². The summed E-state index contributed by atoms with van der Waals surface area (Å²) in [6.45, 7) is 4.23. The molecule has 3 aromatic carbocycles. The lowest BCUT2D eigenvalue weighted by Gasteiger charge is -2.17. The highest BCUT2D eigenvalue weighted by molar-refractivity contribution is 7.89. The number of hydrogen-bond acceptors (Lipinski definition) is 6. The van der Waals surface area contributed by atoms with Crippen molar-refractivity contribution in [3.8, 4) is 0 Å². The molecule has 0 radical (unpaired) electrons. The predicted molar refractivity (Wildman–Crippen MR) is 138 cm³/mol. The van der Waals surface area contributed by atoms with Gasteiger partial charge in [-0.1, -0.05) is 47.7 Å². The zero-order chi connectivity index (χ0) is 25.9. The van der Waals surface area contributed by atoms with E-state index in [9.17, 15) is 23.3 Å². The molecule has 36 heavy (non-hydrogen) atoms. The number of hydrogen-bond donors (Lipinski definition) is 0. The number of non-ortho nitro benzene ring substituents is 1. The number of carbonyl (C=O) groups is 1. The topological polar surface area (TPSA) is 115 Å². The van der Waals surface area contributed by atoms with Crippen LogP contribution in [0.4, 0.5) is 5.69 Å². The molecule has 9 nitrogen and oxygen atoms in total. The van der Waals surface area contributed by atoms with Gasteiger partial charge in [-0.25, -0.2) is 8.42 Å². The van der Waals surface area contributed by atoms with Crippen LogP contribution in [0, 0.1) is 10.1 Å². The van der Waals surface area contributed by atoms with E-state index in [0.29, 0.717) is 16.9 Å². The summed E-state index contributed by atoms with van der Waals surface area (Å²) in [4.78, 5) is 28.2. The molecule has 1 amide bonds. The minimum Gasteiger partial charge on any atom is -0.312 e. The van der Waals surface area contributed by atoms with Gasteiger partial charge >= 0.3 is 0 Å². The molecule has 0 bridgehead atoms. The lowest BCUT2D eigenvalue weighted by molar-refractivity contribution is -0.384. The number of rotatable bonds is 8. The van der Waals surface area contributed by atoms with Crippen molar-refractivity contribution in [2.45, 2.75) is 18.0 Å². The molecule has 1 aromatic heterocycles. The summed E-state index contributed by atoms with van der Waals surface area (Å²) in [5.74, 6) is -0.560. The number of nitrogens with zero attached hydrogens (tertiary/aromatic N) is 4. The Kier molecular flexibility index (Phi) is 7.25. The highest BCUT2D eigenvalue weighted by Crippen LogP contribution is 2.23. The van der Waals surface area contributed by atoms with Crippen molar-refractivity contribution in [2.75, 3.05) is 7.05 Å². The number of sulfonamides is 1. The Morgan fingerprint density at radius 2 is 1.83 bits per heavy atom. The summed E-state index contributed by atoms with van der Waals surface area (Å²) < 4.78 is 29.6. The van der Waals surface area contributed by atoms with Crippen LogP contribution in [0.2, 0.25) is 0 Å². The van der Waals surface area contributed by atoms with Gasteiger partial charge in [0.1, 0.15) is 0 Å². The van der Waals surface area contributed by atoms with E-state index in [2.05, 4.69) is 11.6 Å². The van der Waals surface area contributed by atoms with Crippen LogP contribution in [0.1, 0.15) is 15.9 Å². The normalized spacial score (nSPS) is 12.2. The first-order chi connectivity index (χ1) is 17.2. The molecule has 4 rings (SSSR count). The Morgan fingerprint density at radius 3 is 2.47 bits per heavy atom. The third kappa shape index (κ3) is 5.18. The average Bonchev–Trinajstić information content (AvgIpc) is 3.21. The van der Waals surface area contributed by atoms with Gasteiger partial charge in [0.2, 0.25) is 10.0 Å². The molecular weight excluding hydrogens is 500 g/mol. The quantitative estimate of drug-likeness (QED) is 0.194. The maximum atomic E-state index is 13.0. The molecule has 0 aliphatic carbocycles. The average molecular weight is 523 g/mol. The second-order valence-corrected chi connectivity index (χ2v) is 10.9. The highest BCUT2D eigenvalue weighted by Gasteiger charge is 2.21. The number of carbonyl (C=O) groups excluding carboxylic acids is 1. The van der Waals surface area contributed by atoms with Crippen molar-refractivity contribution in [3.63, 3.8) is 0 Å². The lowest BCUT2D eigenvalue weighted by Crippen LogP contribution is -2.26. The highest BCUT2D eigenvalue weighted by atomic mass is 32.2. The van der Waals surface area contributed by atoms with E-state index in [1.807, 2.05) is 30.3 Å². The fourth-order valence-corrected chi connectivity index (χ4v) is 5.77. The van der Waals surface area contributed by atoms with Gasteiger partial charge in [0.05, 0.1) is 20.0 Å². The zero-order valence-corrected chi connectivity index (χ0v) is 20.9. The molecular formula is C25H22N4O5S2. The van der Waals surface area contributed by atoms with Crippen LogP contribution in [0.15, 0.2) is 95.3 Å². The van der Waals surface area contributed by atoms with E-state index in [1.165, 1.54) is 59.1 Å². The van der Waals surface area contributed by atoms with E-state index in [4.69, 9.17) is 0 Å². The Morgan fingerprint density at radius 1 is 1.14 bits per heavy atom. The smallest absolute Gasteiger partial charge is 0.279 e. The first-order valence-corrected chi connectivity index (χ1v) is 13.0. The van der Waals surface area contributed by atoms with E-state index < -0.39 is 20.9 Å². The molecule has 0 aliphatic rings. The summed E-state index contributed by atoms with van der Waals surface area (Å²) in [6.07, 6.45) is 1.61. The van der Waals surface area contributed by atoms with Crippen LogP contribution in [0.25, 0.3) is 10.2 Å². The Hall–Kier alpha value is -3.93. The van der Waals surface area contributed by atoms with E-state index >= 15 is 0 Å². The standard InChI is InChI=1S/C25H22N4O5S2/c1-3-15-28-22-16-20(29(31)32)11-14-23(22)35-25(28)26-24(30)19-9-12-21(13-10-19)36(33,34)27(2)17-18-7-5-4-6-8-18/h3-14,16H,1,15,17H2,2H3. The monoisotopic (exact) mass is 522 g/mol. The van der Waals surface area contributed by atoms with Crippen molar-refractivity contribution in [3.05, 3.63) is 111 Å². The van der Waals surface area contributed by atoms with Crippen molar-refractivity contribution >= 4 is 43.2 Å². The number of allylic oxidation sites excluding steroid dienone is 1. The SMILES string of the molecule is C=CCn1c(=NC(=O)c2ccc(S(=O)(=O)N(C)Cc3ccccc3)cc2)sc2ccc([N+](=O)[O-])cc21. The van der Waals surface area contributed by atoms with Crippen molar-refractivity contribution in [1.29, 1.82) is 0 Å². The minimum atomic E-state index is -3.76. The Balaban J connectivity index is 1.62. The van der Waals surface area contributed by atoms with Crippen LogP contribution in [0.3, 0.4) is 0 Å². The van der Waals surface area contributed by atoms with Crippen LogP contribution < -0.4 is 4.80 Å². The maximum Gasteiger partial charge on any atom is 0.279 e. The third-order valence-electron chi connectivity index (χ3n) is 5.44. The number of aromatic nitrogens is 1. The summed E-state index contributed by atoms with van der Waals surface area (Å²) in [7, 11) is -2.26. The molecule has 0 fully saturated rings. The van der Waals surface area contributed by atoms with Crippen molar-refractivity contribution < 1.29 is 18.1 Å². The van der Waals surface area contributed by atoms with E-state index in [0.717, 1.165) is 10.3 Å². The van der Waals surface area contributed by atoms with Gasteiger partial charge in [-0.2, -0.15) is 9.30 Å². The lowest BCUT2D eigenvalue weighted by atomic mass is 10.2. The Labute approximate surface area is 211 Å². The van der Waals surface area contributed by atoms with Crippen molar-refractivity contribution in [1.82, 2.24) is 8.87 Å². The number of thiazole rings is 1. The molecule has 0 saturated heterocycles. The van der Waals surface area contributed by atoms with E-state index in [1.54, 1.807) is 16.7 Å². The number of fused-ring (bicyclic) bond motifs is 1. The van der Waals surface area contributed by atoms with Gasteiger partial charge in [0, 0.05) is 37.8 Å². The molecule has 0 unspecified atom stereocenters. The van der Waals surface area contributed by atoms with Crippen molar-refractivity contribution in [2.24, 2.45) is 4.99 Å². The van der Waals surface area contributed by atoms with Gasteiger partial charge in [-0.05, 0) is 35.9 Å². The van der Waals surface area contributed by atoms with Gasteiger partial charge in [0.15, 0.2) is 4.80 Å². The minimum absolute atomic E-state index is 0.0633. The van der Waals surface area contributed by atoms with E-state index in [-0.39, 0.29) is 22.7 Å². The van der Waals surface area contributed by atoms with Crippen LogP contribution in [0.5, 0.6) is 0 Å². The third-order valence-corrected chi connectivity index (χ3v) is 8.32. The molecule has 4 aromatic rings. The van der Waals surface area contributed by atoms with Crippen LogP contribution >= 0.6 is 11.3 Å². The largest absolute Gasteiger partial charge is 0.312 e. The second-order valence-electron chi connectivity index (χ2n) is 7.88.